The van der Waals surface area contributed by atoms with Crippen molar-refractivity contribution >= 4 is 21.8 Å². The zero-order valence-electron chi connectivity index (χ0n) is 30.2. The minimum absolute atomic E-state index is 0.00650. The Morgan fingerprint density at radius 2 is 1.35 bits per heavy atom. The van der Waals surface area contributed by atoms with Crippen LogP contribution in [-0.4, -0.2) is 14.1 Å². The van der Waals surface area contributed by atoms with Gasteiger partial charge in [-0.1, -0.05) is 105 Å². The van der Waals surface area contributed by atoms with Gasteiger partial charge >= 0.3 is 0 Å². The highest BCUT2D eigenvalue weighted by Gasteiger charge is 2.25. The fourth-order valence-electron chi connectivity index (χ4n) is 6.63. The molecule has 0 bridgehead atoms. The van der Waals surface area contributed by atoms with Crippen molar-refractivity contribution in [2.75, 3.05) is 0 Å². The Morgan fingerprint density at radius 3 is 2.10 bits per heavy atom. The molecule has 0 spiro atoms. The quantitative estimate of drug-likeness (QED) is 0.138. The maximum atomic E-state index is 6.63. The molecule has 7 aromatic rings. The Labute approximate surface area is 290 Å². The van der Waals surface area contributed by atoms with Crippen molar-refractivity contribution in [3.8, 4) is 28.7 Å². The summed E-state index contributed by atoms with van der Waals surface area (Å²) in [5.41, 5.74) is 7.87. The maximum Gasteiger partial charge on any atom is 0.269 e. The van der Waals surface area contributed by atoms with Gasteiger partial charge < -0.3 is 4.74 Å². The summed E-state index contributed by atoms with van der Waals surface area (Å²) in [4.78, 5) is 4.84. The number of rotatable bonds is 5. The third-order valence-corrected chi connectivity index (χ3v) is 9.24. The normalized spacial score (nSPS) is 12.6. The SMILES string of the molecule is CC(C)(C)c1ccnc(-n2c3ccccc3c3ccc(Oc4cccc(-n5[c-][n+](-c6ccccc6C(C)(C)C)cc5C(C)(C)C)c4)cc32)c1. The van der Waals surface area contributed by atoms with Crippen LogP contribution in [0.15, 0.2) is 116 Å². The number of pyridine rings is 1. The van der Waals surface area contributed by atoms with Gasteiger partial charge in [0.25, 0.3) is 6.33 Å². The van der Waals surface area contributed by atoms with Crippen LogP contribution >= 0.6 is 0 Å². The molecule has 0 radical (unpaired) electrons. The second kappa shape index (κ2) is 11.8. The second-order valence-corrected chi connectivity index (χ2v) is 16.1. The molecule has 0 fully saturated rings. The lowest BCUT2D eigenvalue weighted by atomic mass is 9.86. The summed E-state index contributed by atoms with van der Waals surface area (Å²) in [5.74, 6) is 2.43. The van der Waals surface area contributed by atoms with Crippen LogP contribution in [0.5, 0.6) is 11.5 Å². The fourth-order valence-corrected chi connectivity index (χ4v) is 6.63. The molecule has 0 atom stereocenters. The molecule has 0 N–H and O–H groups in total. The lowest BCUT2D eigenvalue weighted by Gasteiger charge is -2.23. The van der Waals surface area contributed by atoms with Gasteiger partial charge in [-0.05, 0) is 82.0 Å². The average Bonchev–Trinajstić information content (AvgIpc) is 3.65. The smallest absolute Gasteiger partial charge is 0.269 e. The molecule has 248 valence electrons. The molecule has 3 heterocycles. The molecule has 0 saturated heterocycles. The number of nitrogens with zero attached hydrogens (tertiary/aromatic N) is 4. The number of benzene rings is 4. The number of para-hydroxylation sites is 2. The minimum atomic E-state index is -0.119. The van der Waals surface area contributed by atoms with E-state index in [4.69, 9.17) is 9.72 Å². The maximum absolute atomic E-state index is 6.63. The topological polar surface area (TPSA) is 35.9 Å². The third kappa shape index (κ3) is 6.14. The van der Waals surface area contributed by atoms with Crippen LogP contribution in [0.25, 0.3) is 39.0 Å². The van der Waals surface area contributed by atoms with Gasteiger partial charge in [0.2, 0.25) is 0 Å². The molecule has 0 unspecified atom stereocenters. The Balaban J connectivity index is 1.30. The van der Waals surface area contributed by atoms with Crippen LogP contribution in [0.3, 0.4) is 0 Å². The number of ether oxygens (including phenoxy) is 1. The van der Waals surface area contributed by atoms with E-state index in [1.54, 1.807) is 0 Å². The summed E-state index contributed by atoms with van der Waals surface area (Å²) < 4.78 is 13.2. The lowest BCUT2D eigenvalue weighted by molar-refractivity contribution is -0.600. The predicted octanol–water partition coefficient (Wildman–Crippen LogP) is 10.7. The van der Waals surface area contributed by atoms with Gasteiger partial charge in [0.1, 0.15) is 17.3 Å². The predicted molar refractivity (Wildman–Crippen MR) is 201 cm³/mol. The van der Waals surface area contributed by atoms with E-state index >= 15 is 0 Å². The van der Waals surface area contributed by atoms with E-state index in [-0.39, 0.29) is 16.2 Å². The van der Waals surface area contributed by atoms with Crippen molar-refractivity contribution in [2.24, 2.45) is 0 Å². The molecular weight excluding hydrogens is 601 g/mol. The van der Waals surface area contributed by atoms with Crippen LogP contribution in [0.4, 0.5) is 0 Å². The third-order valence-electron chi connectivity index (χ3n) is 9.24. The van der Waals surface area contributed by atoms with Gasteiger partial charge in [-0.15, -0.1) is 0 Å². The van der Waals surface area contributed by atoms with E-state index in [2.05, 4.69) is 186 Å². The van der Waals surface area contributed by atoms with E-state index in [9.17, 15) is 0 Å². The van der Waals surface area contributed by atoms with Gasteiger partial charge in [0.05, 0.1) is 28.1 Å². The zero-order valence-corrected chi connectivity index (χ0v) is 30.2. The van der Waals surface area contributed by atoms with Crippen molar-refractivity contribution in [3.05, 3.63) is 139 Å². The molecular formula is C44H46N4O. The first-order valence-electron chi connectivity index (χ1n) is 17.1. The van der Waals surface area contributed by atoms with Crippen molar-refractivity contribution in [1.82, 2.24) is 14.1 Å². The molecule has 49 heavy (non-hydrogen) atoms. The van der Waals surface area contributed by atoms with Gasteiger partial charge in [0, 0.05) is 29.2 Å². The molecule has 5 nitrogen and oxygen atoms in total. The molecule has 0 aliphatic carbocycles. The molecule has 4 aromatic carbocycles. The summed E-state index contributed by atoms with van der Waals surface area (Å²) in [5, 5.41) is 2.35. The highest BCUT2D eigenvalue weighted by atomic mass is 16.5. The number of hydrogen-bond donors (Lipinski definition) is 0. The van der Waals surface area contributed by atoms with Crippen molar-refractivity contribution in [2.45, 2.75) is 78.6 Å². The van der Waals surface area contributed by atoms with Crippen LogP contribution in [0.2, 0.25) is 0 Å². The molecule has 7 rings (SSSR count). The largest absolute Gasteiger partial charge is 0.458 e. The van der Waals surface area contributed by atoms with E-state index in [0.717, 1.165) is 50.8 Å². The zero-order chi connectivity index (χ0) is 34.7. The Bertz CT molecular complexity index is 2320. The van der Waals surface area contributed by atoms with Crippen molar-refractivity contribution < 1.29 is 9.30 Å². The van der Waals surface area contributed by atoms with E-state index in [1.807, 2.05) is 12.3 Å². The second-order valence-electron chi connectivity index (χ2n) is 16.1. The summed E-state index contributed by atoms with van der Waals surface area (Å²) in [6.45, 7) is 20.2. The first-order valence-corrected chi connectivity index (χ1v) is 17.1. The van der Waals surface area contributed by atoms with Crippen LogP contribution < -0.4 is 9.30 Å². The minimum Gasteiger partial charge on any atom is -0.458 e. The molecule has 3 aromatic heterocycles. The van der Waals surface area contributed by atoms with Gasteiger partial charge in [-0.25, -0.2) is 4.98 Å². The van der Waals surface area contributed by atoms with E-state index < -0.39 is 0 Å². The van der Waals surface area contributed by atoms with Crippen LogP contribution in [0.1, 0.15) is 79.1 Å². The lowest BCUT2D eigenvalue weighted by Crippen LogP contribution is -2.32. The monoisotopic (exact) mass is 646 g/mol. The summed E-state index contributed by atoms with van der Waals surface area (Å²) >= 11 is 0. The van der Waals surface area contributed by atoms with Crippen LogP contribution in [-0.2, 0) is 16.2 Å². The highest BCUT2D eigenvalue weighted by molar-refractivity contribution is 6.09. The van der Waals surface area contributed by atoms with E-state index in [0.29, 0.717) is 0 Å². The number of imidazole rings is 1. The first-order chi connectivity index (χ1) is 23.2. The highest BCUT2D eigenvalue weighted by Crippen LogP contribution is 2.36. The Morgan fingerprint density at radius 1 is 0.633 bits per heavy atom. The van der Waals surface area contributed by atoms with Crippen LogP contribution in [0, 0.1) is 6.33 Å². The van der Waals surface area contributed by atoms with E-state index in [1.165, 1.54) is 16.5 Å². The number of fused-ring (bicyclic) bond motifs is 3. The first kappa shape index (κ1) is 32.4. The fraction of sp³-hybridized carbons (Fsp3) is 0.273. The summed E-state index contributed by atoms with van der Waals surface area (Å²) in [7, 11) is 0. The molecule has 0 aliphatic rings. The van der Waals surface area contributed by atoms with Crippen molar-refractivity contribution in [3.63, 3.8) is 0 Å². The molecule has 0 amide bonds. The summed E-state index contributed by atoms with van der Waals surface area (Å²) in [6, 6.07) is 36.1. The number of aromatic nitrogens is 4. The standard InChI is InChI=1S/C44H46N4O/c1-42(2,3)30-23-24-45-41(25-30)48-37-19-12-10-17-34(37)35-22-21-33(27-39(35)48)49-32-16-14-15-31(26-32)47-29-46(28-40(47)44(7,8)9)38-20-13-11-18-36(38)43(4,5)6/h10-28H,1-9H3. The van der Waals surface area contributed by atoms with Gasteiger partial charge in [-0.3, -0.25) is 13.7 Å². The summed E-state index contributed by atoms with van der Waals surface area (Å²) in [6.07, 6.45) is 7.80. The van der Waals surface area contributed by atoms with Crippen molar-refractivity contribution in [1.29, 1.82) is 0 Å². The number of hydrogen-bond acceptors (Lipinski definition) is 2. The molecule has 5 heteroatoms. The average molecular weight is 647 g/mol. The van der Waals surface area contributed by atoms with Gasteiger partial charge in [0.15, 0.2) is 0 Å². The molecule has 0 saturated carbocycles. The Hall–Kier alpha value is -5.16. The molecule has 0 aliphatic heterocycles. The van der Waals surface area contributed by atoms with Gasteiger partial charge in [-0.2, -0.15) is 0 Å². The Kier molecular flexibility index (Phi) is 7.78.